The van der Waals surface area contributed by atoms with E-state index in [1.807, 2.05) is 4.90 Å². The Morgan fingerprint density at radius 1 is 1.21 bits per heavy atom. The van der Waals surface area contributed by atoms with Crippen LogP contribution in [0.5, 0.6) is 0 Å². The second kappa shape index (κ2) is 5.36. The van der Waals surface area contributed by atoms with Gasteiger partial charge in [-0.3, -0.25) is 4.79 Å². The minimum absolute atomic E-state index is 0.0282. The molecule has 0 saturated carbocycles. The highest BCUT2D eigenvalue weighted by atomic mass is 16.5. The van der Waals surface area contributed by atoms with Gasteiger partial charge in [0.1, 0.15) is 0 Å². The van der Waals surface area contributed by atoms with Gasteiger partial charge in [-0.1, -0.05) is 0 Å². The van der Waals surface area contributed by atoms with Crippen molar-refractivity contribution in [3.63, 3.8) is 0 Å². The van der Waals surface area contributed by atoms with Gasteiger partial charge in [0, 0.05) is 33.3 Å². The van der Waals surface area contributed by atoms with Crippen molar-refractivity contribution < 1.29 is 19.4 Å². The zero-order chi connectivity index (χ0) is 14.0. The Labute approximate surface area is 113 Å². The van der Waals surface area contributed by atoms with Crippen molar-refractivity contribution in [1.82, 2.24) is 9.80 Å². The van der Waals surface area contributed by atoms with E-state index in [1.54, 1.807) is 18.9 Å². The van der Waals surface area contributed by atoms with Crippen molar-refractivity contribution in [3.8, 4) is 0 Å². The second-order valence-corrected chi connectivity index (χ2v) is 5.74. The predicted molar refractivity (Wildman–Crippen MR) is 68.9 cm³/mol. The summed E-state index contributed by atoms with van der Waals surface area (Å²) in [4.78, 5) is 27.0. The Morgan fingerprint density at radius 2 is 1.84 bits per heavy atom. The first-order chi connectivity index (χ1) is 8.96. The number of urea groups is 1. The number of piperidine rings is 1. The molecule has 6 nitrogen and oxygen atoms in total. The maximum absolute atomic E-state index is 12.3. The first kappa shape index (κ1) is 14.1. The molecular weight excluding hydrogens is 248 g/mol. The fraction of sp³-hybridized carbons (Fsp3) is 0.846. The van der Waals surface area contributed by atoms with E-state index in [0.717, 1.165) is 12.8 Å². The summed E-state index contributed by atoms with van der Waals surface area (Å²) in [5.41, 5.74) is -0.791. The molecule has 2 rings (SSSR count). The zero-order valence-corrected chi connectivity index (χ0v) is 11.6. The highest BCUT2D eigenvalue weighted by molar-refractivity contribution is 5.79. The van der Waals surface area contributed by atoms with E-state index in [1.165, 1.54) is 0 Å². The van der Waals surface area contributed by atoms with Gasteiger partial charge >= 0.3 is 12.0 Å². The van der Waals surface area contributed by atoms with E-state index in [0.29, 0.717) is 32.6 Å². The van der Waals surface area contributed by atoms with E-state index in [4.69, 9.17) is 4.74 Å². The van der Waals surface area contributed by atoms with Crippen LogP contribution in [-0.2, 0) is 9.53 Å². The third-order valence-electron chi connectivity index (χ3n) is 4.31. The Balaban J connectivity index is 1.90. The lowest BCUT2D eigenvalue weighted by Crippen LogP contribution is -2.47. The van der Waals surface area contributed by atoms with Gasteiger partial charge in [0.05, 0.1) is 11.5 Å². The molecule has 2 aliphatic rings. The molecule has 0 aromatic rings. The van der Waals surface area contributed by atoms with Crippen LogP contribution < -0.4 is 0 Å². The number of likely N-dealkylation sites (tertiary alicyclic amines) is 2. The first-order valence-corrected chi connectivity index (χ1v) is 6.76. The fourth-order valence-electron chi connectivity index (χ4n) is 2.78. The van der Waals surface area contributed by atoms with Crippen LogP contribution in [-0.4, -0.2) is 66.3 Å². The van der Waals surface area contributed by atoms with Crippen LogP contribution in [0, 0.1) is 5.41 Å². The quantitative estimate of drug-likeness (QED) is 0.813. The summed E-state index contributed by atoms with van der Waals surface area (Å²) >= 11 is 0. The average Bonchev–Trinajstić information content (AvgIpc) is 2.82. The Hall–Kier alpha value is -1.30. The number of carboxylic acid groups (broad SMARTS) is 1. The SMILES string of the molecule is COC1CCN(C(=O)N2CCC(C)(C(=O)O)C2)CC1. The number of methoxy groups -OCH3 is 1. The number of aliphatic carboxylic acids is 1. The van der Waals surface area contributed by atoms with E-state index in [2.05, 4.69) is 0 Å². The molecule has 1 unspecified atom stereocenters. The average molecular weight is 270 g/mol. The van der Waals surface area contributed by atoms with E-state index >= 15 is 0 Å². The molecule has 0 radical (unpaired) electrons. The van der Waals surface area contributed by atoms with Gasteiger partial charge < -0.3 is 19.6 Å². The van der Waals surface area contributed by atoms with Crippen molar-refractivity contribution in [2.75, 3.05) is 33.3 Å². The van der Waals surface area contributed by atoms with E-state index in [9.17, 15) is 14.7 Å². The summed E-state index contributed by atoms with van der Waals surface area (Å²) in [6.45, 7) is 3.94. The van der Waals surface area contributed by atoms with Crippen molar-refractivity contribution in [1.29, 1.82) is 0 Å². The van der Waals surface area contributed by atoms with Gasteiger partial charge in [-0.05, 0) is 26.2 Å². The lowest BCUT2D eigenvalue weighted by molar-refractivity contribution is -0.147. The smallest absolute Gasteiger partial charge is 0.320 e. The Kier molecular flexibility index (Phi) is 3.99. The molecule has 6 heteroatoms. The highest BCUT2D eigenvalue weighted by Crippen LogP contribution is 2.31. The number of carbonyl (C=O) groups is 2. The lowest BCUT2D eigenvalue weighted by Gasteiger charge is -2.34. The number of amides is 2. The summed E-state index contributed by atoms with van der Waals surface area (Å²) in [6.07, 6.45) is 2.48. The van der Waals surface area contributed by atoms with Crippen LogP contribution in [0.2, 0.25) is 0 Å². The summed E-state index contributed by atoms with van der Waals surface area (Å²) in [5, 5.41) is 9.18. The molecule has 108 valence electrons. The van der Waals surface area contributed by atoms with Gasteiger partial charge in [0.25, 0.3) is 0 Å². The van der Waals surface area contributed by atoms with Crippen LogP contribution >= 0.6 is 0 Å². The molecule has 2 aliphatic heterocycles. The number of hydrogen-bond acceptors (Lipinski definition) is 3. The van der Waals surface area contributed by atoms with E-state index < -0.39 is 11.4 Å². The van der Waals surface area contributed by atoms with Crippen molar-refractivity contribution in [2.45, 2.75) is 32.3 Å². The minimum Gasteiger partial charge on any atom is -0.481 e. The summed E-state index contributed by atoms with van der Waals surface area (Å²) in [6, 6.07) is -0.0282. The second-order valence-electron chi connectivity index (χ2n) is 5.74. The Bertz CT molecular complexity index is 366. The molecule has 0 aromatic heterocycles. The third-order valence-corrected chi connectivity index (χ3v) is 4.31. The van der Waals surface area contributed by atoms with Gasteiger partial charge in [-0.2, -0.15) is 0 Å². The summed E-state index contributed by atoms with van der Waals surface area (Å²) in [7, 11) is 1.70. The number of hydrogen-bond donors (Lipinski definition) is 1. The highest BCUT2D eigenvalue weighted by Gasteiger charge is 2.43. The number of carboxylic acids is 1. The minimum atomic E-state index is -0.819. The van der Waals surface area contributed by atoms with Gasteiger partial charge in [-0.15, -0.1) is 0 Å². The normalized spacial score (nSPS) is 28.7. The standard InChI is InChI=1S/C13H22N2O4/c1-13(11(16)17)5-8-15(9-13)12(18)14-6-3-10(19-2)4-7-14/h10H,3-9H2,1-2H3,(H,16,17). The molecule has 0 aliphatic carbocycles. The largest absolute Gasteiger partial charge is 0.481 e. The van der Waals surface area contributed by atoms with Crippen LogP contribution in [0.3, 0.4) is 0 Å². The number of carbonyl (C=O) groups excluding carboxylic acids is 1. The molecule has 1 atom stereocenters. The number of rotatable bonds is 2. The number of ether oxygens (including phenoxy) is 1. The summed E-state index contributed by atoms with van der Waals surface area (Å²) in [5.74, 6) is -0.819. The monoisotopic (exact) mass is 270 g/mol. The van der Waals surface area contributed by atoms with Gasteiger partial charge in [0.2, 0.25) is 0 Å². The van der Waals surface area contributed by atoms with Gasteiger partial charge in [-0.25, -0.2) is 4.79 Å². The zero-order valence-electron chi connectivity index (χ0n) is 11.6. The third kappa shape index (κ3) is 2.83. The molecule has 2 heterocycles. The van der Waals surface area contributed by atoms with Crippen molar-refractivity contribution in [2.24, 2.45) is 5.41 Å². The van der Waals surface area contributed by atoms with Gasteiger partial charge in [0.15, 0.2) is 0 Å². The maximum atomic E-state index is 12.3. The van der Waals surface area contributed by atoms with Crippen LogP contribution in [0.1, 0.15) is 26.2 Å². The van der Waals surface area contributed by atoms with Crippen LogP contribution in [0.25, 0.3) is 0 Å². The van der Waals surface area contributed by atoms with Crippen molar-refractivity contribution >= 4 is 12.0 Å². The topological polar surface area (TPSA) is 70.1 Å². The molecule has 19 heavy (non-hydrogen) atoms. The Morgan fingerprint density at radius 3 is 2.32 bits per heavy atom. The molecule has 1 N–H and O–H groups in total. The molecule has 2 saturated heterocycles. The first-order valence-electron chi connectivity index (χ1n) is 6.76. The molecule has 0 spiro atoms. The lowest BCUT2D eigenvalue weighted by atomic mass is 9.90. The molecular formula is C13H22N2O4. The molecule has 2 amide bonds. The number of nitrogens with zero attached hydrogens (tertiary/aromatic N) is 2. The fourth-order valence-corrected chi connectivity index (χ4v) is 2.78. The van der Waals surface area contributed by atoms with Crippen molar-refractivity contribution in [3.05, 3.63) is 0 Å². The van der Waals surface area contributed by atoms with Crippen LogP contribution in [0.15, 0.2) is 0 Å². The molecule has 0 aromatic carbocycles. The van der Waals surface area contributed by atoms with E-state index in [-0.39, 0.29) is 12.1 Å². The predicted octanol–water partition coefficient (Wildman–Crippen LogP) is 1.01. The molecule has 0 bridgehead atoms. The maximum Gasteiger partial charge on any atom is 0.320 e. The molecule has 2 fully saturated rings. The van der Waals surface area contributed by atoms with Crippen LogP contribution in [0.4, 0.5) is 4.79 Å². The summed E-state index contributed by atoms with van der Waals surface area (Å²) < 4.78 is 5.28.